The van der Waals surface area contributed by atoms with Crippen LogP contribution in [0.3, 0.4) is 0 Å². The van der Waals surface area contributed by atoms with Crippen LogP contribution in [-0.2, 0) is 11.3 Å². The molecule has 8 nitrogen and oxygen atoms in total. The summed E-state index contributed by atoms with van der Waals surface area (Å²) in [6.07, 6.45) is 2.30. The maximum atomic E-state index is 11.1. The number of aliphatic imine (C=N–C) groups is 1. The Hall–Kier alpha value is -2.97. The molecule has 25 heavy (non-hydrogen) atoms. The fraction of sp³-hybridized carbons (Fsp3) is 0.235. The third-order valence-electron chi connectivity index (χ3n) is 3.96. The molecule has 1 aliphatic rings. The van der Waals surface area contributed by atoms with Gasteiger partial charge in [0, 0.05) is 17.4 Å². The number of imidazole rings is 1. The maximum Gasteiger partial charge on any atom is 0.323 e. The van der Waals surface area contributed by atoms with E-state index < -0.39 is 24.7 Å². The van der Waals surface area contributed by atoms with Gasteiger partial charge in [0.25, 0.3) is 0 Å². The Morgan fingerprint density at radius 3 is 2.80 bits per heavy atom. The monoisotopic (exact) mass is 342 g/mol. The van der Waals surface area contributed by atoms with Gasteiger partial charge < -0.3 is 21.1 Å². The van der Waals surface area contributed by atoms with E-state index in [4.69, 9.17) is 10.8 Å². The SMILES string of the molecule is C[C@@H](O)[C@H](N)c1nc(/C=C2/C=Nc3ccccc32)c(O)n1CC(=O)O. The van der Waals surface area contributed by atoms with Gasteiger partial charge in [0.15, 0.2) is 0 Å². The Kier molecular flexibility index (Phi) is 4.39. The second-order valence-corrected chi connectivity index (χ2v) is 5.80. The highest BCUT2D eigenvalue weighted by molar-refractivity contribution is 6.21. The smallest absolute Gasteiger partial charge is 0.323 e. The first-order valence-electron chi connectivity index (χ1n) is 7.68. The fourth-order valence-electron chi connectivity index (χ4n) is 2.64. The minimum atomic E-state index is -1.15. The molecule has 3 rings (SSSR count). The Morgan fingerprint density at radius 2 is 2.12 bits per heavy atom. The van der Waals surface area contributed by atoms with Crippen molar-refractivity contribution in [1.29, 1.82) is 0 Å². The quantitative estimate of drug-likeness (QED) is 0.647. The molecule has 1 aromatic carbocycles. The zero-order valence-electron chi connectivity index (χ0n) is 13.5. The van der Waals surface area contributed by atoms with Gasteiger partial charge in [0.05, 0.1) is 17.8 Å². The predicted octanol–water partition coefficient (Wildman–Crippen LogP) is 1.31. The molecule has 0 radical (unpaired) electrons. The standard InChI is InChI=1S/C17H18N4O4/c1-9(22)15(18)16-20-13(17(25)21(16)8-14(23)24)6-10-7-19-12-5-3-2-4-11(10)12/h2-7,9,15,22,25H,8,18H2,1H3,(H,23,24)/b10-6-/t9-,15+/m1/s1. The van der Waals surface area contributed by atoms with Gasteiger partial charge in [0.2, 0.25) is 5.88 Å². The lowest BCUT2D eigenvalue weighted by Gasteiger charge is -2.15. The predicted molar refractivity (Wildman–Crippen MR) is 92.6 cm³/mol. The lowest BCUT2D eigenvalue weighted by Crippen LogP contribution is -2.27. The summed E-state index contributed by atoms with van der Waals surface area (Å²) in [5.74, 6) is -1.37. The van der Waals surface area contributed by atoms with Crippen molar-refractivity contribution in [3.05, 3.63) is 41.3 Å². The number of fused-ring (bicyclic) bond motifs is 1. The molecule has 5 N–H and O–H groups in total. The van der Waals surface area contributed by atoms with E-state index in [9.17, 15) is 15.0 Å². The minimum absolute atomic E-state index is 0.102. The fourth-order valence-corrected chi connectivity index (χ4v) is 2.64. The summed E-state index contributed by atoms with van der Waals surface area (Å²) in [6.45, 7) is 0.960. The van der Waals surface area contributed by atoms with Gasteiger partial charge >= 0.3 is 5.97 Å². The molecule has 2 aromatic rings. The third kappa shape index (κ3) is 3.17. The lowest BCUT2D eigenvalue weighted by molar-refractivity contribution is -0.137. The van der Waals surface area contributed by atoms with Crippen molar-refractivity contribution in [1.82, 2.24) is 9.55 Å². The number of aliphatic carboxylic acids is 1. The van der Waals surface area contributed by atoms with E-state index in [2.05, 4.69) is 9.98 Å². The summed E-state index contributed by atoms with van der Waals surface area (Å²) in [7, 11) is 0. The van der Waals surface area contributed by atoms with Crippen LogP contribution in [0.1, 0.15) is 30.0 Å². The highest BCUT2D eigenvalue weighted by atomic mass is 16.4. The van der Waals surface area contributed by atoms with Crippen LogP contribution in [0.2, 0.25) is 0 Å². The number of hydrogen-bond acceptors (Lipinski definition) is 6. The van der Waals surface area contributed by atoms with Crippen molar-refractivity contribution >= 4 is 29.5 Å². The highest BCUT2D eigenvalue weighted by Crippen LogP contribution is 2.34. The Bertz CT molecular complexity index is 883. The maximum absolute atomic E-state index is 11.1. The molecule has 2 atom stereocenters. The first-order valence-corrected chi connectivity index (χ1v) is 7.68. The normalized spacial score (nSPS) is 16.8. The Labute approximate surface area is 143 Å². The van der Waals surface area contributed by atoms with Crippen LogP contribution in [0.5, 0.6) is 5.88 Å². The number of carboxylic acids is 1. The van der Waals surface area contributed by atoms with Crippen LogP contribution >= 0.6 is 0 Å². The van der Waals surface area contributed by atoms with E-state index in [1.54, 1.807) is 12.3 Å². The average molecular weight is 342 g/mol. The van der Waals surface area contributed by atoms with Gasteiger partial charge in [-0.25, -0.2) is 4.98 Å². The molecule has 130 valence electrons. The van der Waals surface area contributed by atoms with Gasteiger partial charge in [-0.1, -0.05) is 18.2 Å². The van der Waals surface area contributed by atoms with E-state index in [0.29, 0.717) is 0 Å². The molecule has 1 aromatic heterocycles. The van der Waals surface area contributed by atoms with Crippen LogP contribution in [0.25, 0.3) is 11.6 Å². The number of aliphatic hydroxyl groups excluding tert-OH is 1. The van der Waals surface area contributed by atoms with Crippen molar-refractivity contribution in [3.8, 4) is 5.88 Å². The third-order valence-corrected chi connectivity index (χ3v) is 3.96. The molecular formula is C17H18N4O4. The number of aromatic hydroxyl groups is 1. The van der Waals surface area contributed by atoms with Crippen LogP contribution < -0.4 is 5.73 Å². The number of para-hydroxylation sites is 1. The minimum Gasteiger partial charge on any atom is -0.493 e. The Morgan fingerprint density at radius 1 is 1.40 bits per heavy atom. The molecule has 0 fully saturated rings. The first kappa shape index (κ1) is 16.9. The molecule has 0 saturated heterocycles. The number of allylic oxidation sites excluding steroid dienone is 1. The van der Waals surface area contributed by atoms with E-state index in [0.717, 1.165) is 21.4 Å². The summed E-state index contributed by atoms with van der Waals surface area (Å²) >= 11 is 0. The van der Waals surface area contributed by atoms with E-state index in [1.165, 1.54) is 6.92 Å². The van der Waals surface area contributed by atoms with Gasteiger partial charge in [-0.05, 0) is 19.1 Å². The molecule has 0 spiro atoms. The van der Waals surface area contributed by atoms with Crippen molar-refractivity contribution < 1.29 is 20.1 Å². The van der Waals surface area contributed by atoms with Gasteiger partial charge in [-0.15, -0.1) is 0 Å². The molecule has 2 heterocycles. The van der Waals surface area contributed by atoms with Gasteiger partial charge in [0.1, 0.15) is 18.1 Å². The van der Waals surface area contributed by atoms with Crippen LogP contribution in [0.4, 0.5) is 5.69 Å². The molecule has 0 aliphatic carbocycles. The van der Waals surface area contributed by atoms with E-state index in [-0.39, 0.29) is 17.4 Å². The van der Waals surface area contributed by atoms with Crippen molar-refractivity contribution in [2.75, 3.05) is 0 Å². The number of aliphatic hydroxyl groups is 1. The molecule has 0 saturated carbocycles. The molecule has 0 amide bonds. The lowest BCUT2D eigenvalue weighted by atomic mass is 10.1. The average Bonchev–Trinajstić information content (AvgIpc) is 3.10. The first-order chi connectivity index (χ1) is 11.9. The van der Waals surface area contributed by atoms with E-state index >= 15 is 0 Å². The van der Waals surface area contributed by atoms with Crippen LogP contribution in [-0.4, -0.2) is 43.2 Å². The largest absolute Gasteiger partial charge is 0.493 e. The number of nitrogens with zero attached hydrogens (tertiary/aromatic N) is 3. The van der Waals surface area contributed by atoms with E-state index in [1.807, 2.05) is 24.3 Å². The van der Waals surface area contributed by atoms with Crippen LogP contribution in [0, 0.1) is 0 Å². The topological polar surface area (TPSA) is 134 Å². The Balaban J connectivity index is 2.07. The molecular weight excluding hydrogens is 324 g/mol. The summed E-state index contributed by atoms with van der Waals surface area (Å²) in [5, 5.41) is 29.2. The second-order valence-electron chi connectivity index (χ2n) is 5.80. The molecule has 0 bridgehead atoms. The molecule has 1 aliphatic heterocycles. The number of carbonyl (C=O) groups is 1. The number of carboxylic acid groups (broad SMARTS) is 1. The molecule has 8 heteroatoms. The van der Waals surface area contributed by atoms with Crippen molar-refractivity contribution in [2.45, 2.75) is 25.6 Å². The number of aromatic nitrogens is 2. The van der Waals surface area contributed by atoms with Crippen molar-refractivity contribution in [2.24, 2.45) is 10.7 Å². The number of rotatable bonds is 5. The van der Waals surface area contributed by atoms with Gasteiger partial charge in [-0.2, -0.15) is 0 Å². The summed E-state index contributed by atoms with van der Waals surface area (Å²) in [4.78, 5) is 19.6. The number of benzene rings is 1. The van der Waals surface area contributed by atoms with Gasteiger partial charge in [-0.3, -0.25) is 14.4 Å². The zero-order valence-corrected chi connectivity index (χ0v) is 13.5. The molecule has 0 unspecified atom stereocenters. The van der Waals surface area contributed by atoms with Crippen LogP contribution in [0.15, 0.2) is 29.3 Å². The number of nitrogens with two attached hydrogens (primary N) is 1. The summed E-state index contributed by atoms with van der Waals surface area (Å²) in [6, 6.07) is 6.57. The number of hydrogen-bond donors (Lipinski definition) is 4. The summed E-state index contributed by atoms with van der Waals surface area (Å²) in [5.41, 5.74) is 8.50. The second kappa shape index (κ2) is 6.50. The zero-order chi connectivity index (χ0) is 18.1. The van der Waals surface area contributed by atoms with Crippen molar-refractivity contribution in [3.63, 3.8) is 0 Å². The highest BCUT2D eigenvalue weighted by Gasteiger charge is 2.25. The summed E-state index contributed by atoms with van der Waals surface area (Å²) < 4.78 is 1.09.